The van der Waals surface area contributed by atoms with Gasteiger partial charge in [-0.3, -0.25) is 9.59 Å². The Morgan fingerprint density at radius 2 is 1.75 bits per heavy atom. The fourth-order valence-corrected chi connectivity index (χ4v) is 2.31. The Morgan fingerprint density at radius 1 is 1.15 bits per heavy atom. The van der Waals surface area contributed by atoms with Crippen LogP contribution in [0, 0.1) is 11.6 Å². The minimum Gasteiger partial charge on any atom is -0.366 e. The maximum atomic E-state index is 13.6. The highest BCUT2D eigenvalue weighted by Crippen LogP contribution is 2.29. The molecule has 0 aliphatic heterocycles. The second kappa shape index (κ2) is 5.16. The monoisotopic (exact) mass is 283 g/mol. The first-order valence-electron chi connectivity index (χ1n) is 6.23. The predicted molar refractivity (Wildman–Crippen MR) is 68.9 cm³/mol. The number of amides is 2. The summed E-state index contributed by atoms with van der Waals surface area (Å²) >= 11 is 0. The highest BCUT2D eigenvalue weighted by Gasteiger charge is 2.37. The molecule has 0 saturated heterocycles. The third-order valence-corrected chi connectivity index (χ3v) is 3.52. The second-order valence-corrected chi connectivity index (χ2v) is 4.99. The number of benzene rings is 1. The highest BCUT2D eigenvalue weighted by molar-refractivity contribution is 6.00. The summed E-state index contributed by atoms with van der Waals surface area (Å²) in [7, 11) is 0. The molecular weight excluding hydrogens is 268 g/mol. The molecular formula is C13H15F2N3O2. The van der Waals surface area contributed by atoms with E-state index in [1.807, 2.05) is 0 Å². The van der Waals surface area contributed by atoms with Gasteiger partial charge in [-0.1, -0.05) is 12.8 Å². The molecule has 7 heteroatoms. The molecule has 108 valence electrons. The van der Waals surface area contributed by atoms with Crippen molar-refractivity contribution in [2.75, 3.05) is 5.32 Å². The fraction of sp³-hybridized carbons (Fsp3) is 0.385. The molecule has 1 aliphatic rings. The smallest absolute Gasteiger partial charge is 0.251 e. The number of carbonyl (C=O) groups is 2. The van der Waals surface area contributed by atoms with Crippen LogP contribution >= 0.6 is 0 Å². The zero-order valence-corrected chi connectivity index (χ0v) is 10.7. The van der Waals surface area contributed by atoms with E-state index in [4.69, 9.17) is 11.5 Å². The normalized spacial score (nSPS) is 16.9. The molecule has 0 unspecified atom stereocenters. The summed E-state index contributed by atoms with van der Waals surface area (Å²) in [6.07, 6.45) is 2.65. The summed E-state index contributed by atoms with van der Waals surface area (Å²) in [6, 6.07) is 1.39. The summed E-state index contributed by atoms with van der Waals surface area (Å²) in [5, 5.41) is 2.30. The summed E-state index contributed by atoms with van der Waals surface area (Å²) in [4.78, 5) is 23.1. The highest BCUT2D eigenvalue weighted by atomic mass is 19.1. The van der Waals surface area contributed by atoms with Gasteiger partial charge >= 0.3 is 0 Å². The number of nitrogens with one attached hydrogen (secondary N) is 1. The Bertz CT molecular complexity index is 569. The van der Waals surface area contributed by atoms with Crippen molar-refractivity contribution in [1.82, 2.24) is 0 Å². The molecule has 1 saturated carbocycles. The van der Waals surface area contributed by atoms with Gasteiger partial charge in [0.1, 0.15) is 11.6 Å². The van der Waals surface area contributed by atoms with Crippen molar-refractivity contribution in [3.05, 3.63) is 29.3 Å². The number of halogens is 2. The molecule has 0 heterocycles. The van der Waals surface area contributed by atoms with Gasteiger partial charge in [-0.2, -0.15) is 0 Å². The summed E-state index contributed by atoms with van der Waals surface area (Å²) in [5.41, 5.74) is 9.06. The molecule has 0 bridgehead atoms. The van der Waals surface area contributed by atoms with Gasteiger partial charge in [0.15, 0.2) is 0 Å². The van der Waals surface area contributed by atoms with Gasteiger partial charge in [0, 0.05) is 6.07 Å². The maximum absolute atomic E-state index is 13.6. The van der Waals surface area contributed by atoms with Crippen LogP contribution in [0.5, 0.6) is 0 Å². The van der Waals surface area contributed by atoms with E-state index < -0.39 is 34.6 Å². The standard InChI is InChI=1S/C13H15F2N3O2/c14-8-6-9(15)10(5-7(8)11(16)19)18-12(20)13(17)3-1-2-4-13/h5-6H,1-4,17H2,(H2,16,19)(H,18,20). The molecule has 2 amide bonds. The van der Waals surface area contributed by atoms with E-state index in [0.29, 0.717) is 18.9 Å². The Balaban J connectivity index is 2.27. The van der Waals surface area contributed by atoms with Gasteiger partial charge in [-0.05, 0) is 18.9 Å². The predicted octanol–water partition coefficient (Wildman–Crippen LogP) is 1.27. The van der Waals surface area contributed by atoms with E-state index in [2.05, 4.69) is 5.32 Å². The zero-order valence-electron chi connectivity index (χ0n) is 10.7. The van der Waals surface area contributed by atoms with Crippen LogP contribution in [0.15, 0.2) is 12.1 Å². The fourth-order valence-electron chi connectivity index (χ4n) is 2.31. The Labute approximate surface area is 114 Å². The third kappa shape index (κ3) is 2.62. The quantitative estimate of drug-likeness (QED) is 0.779. The van der Waals surface area contributed by atoms with Crippen LogP contribution in [0.25, 0.3) is 0 Å². The second-order valence-electron chi connectivity index (χ2n) is 4.99. The molecule has 0 radical (unpaired) electrons. The van der Waals surface area contributed by atoms with Crippen molar-refractivity contribution < 1.29 is 18.4 Å². The molecule has 1 aliphatic carbocycles. The average molecular weight is 283 g/mol. The lowest BCUT2D eigenvalue weighted by Crippen LogP contribution is -2.48. The lowest BCUT2D eigenvalue weighted by atomic mass is 9.98. The molecule has 1 fully saturated rings. The third-order valence-electron chi connectivity index (χ3n) is 3.52. The van der Waals surface area contributed by atoms with Gasteiger partial charge in [0.25, 0.3) is 5.91 Å². The molecule has 5 nitrogen and oxygen atoms in total. The Hall–Kier alpha value is -2.02. The van der Waals surface area contributed by atoms with Crippen LogP contribution in [-0.4, -0.2) is 17.4 Å². The number of hydrogen-bond donors (Lipinski definition) is 3. The van der Waals surface area contributed by atoms with E-state index >= 15 is 0 Å². The van der Waals surface area contributed by atoms with Crippen molar-refractivity contribution in [1.29, 1.82) is 0 Å². The molecule has 1 aromatic carbocycles. The van der Waals surface area contributed by atoms with Gasteiger partial charge in [-0.25, -0.2) is 8.78 Å². The molecule has 5 N–H and O–H groups in total. The van der Waals surface area contributed by atoms with Crippen molar-refractivity contribution in [3.8, 4) is 0 Å². The number of nitrogens with two attached hydrogens (primary N) is 2. The van der Waals surface area contributed by atoms with Crippen LogP contribution in [0.4, 0.5) is 14.5 Å². The van der Waals surface area contributed by atoms with Crippen molar-refractivity contribution in [2.24, 2.45) is 11.5 Å². The number of carbonyl (C=O) groups excluding carboxylic acids is 2. The summed E-state index contributed by atoms with van der Waals surface area (Å²) < 4.78 is 26.9. The number of anilines is 1. The zero-order chi connectivity index (χ0) is 14.9. The average Bonchev–Trinajstić information content (AvgIpc) is 2.80. The van der Waals surface area contributed by atoms with Gasteiger partial charge in [0.2, 0.25) is 5.91 Å². The molecule has 0 atom stereocenters. The topological polar surface area (TPSA) is 98.2 Å². The molecule has 1 aromatic rings. The first-order chi connectivity index (χ1) is 9.33. The Kier molecular flexibility index (Phi) is 3.71. The van der Waals surface area contributed by atoms with Crippen molar-refractivity contribution >= 4 is 17.5 Å². The SMILES string of the molecule is NC(=O)c1cc(NC(=O)C2(N)CCCC2)c(F)cc1F. The van der Waals surface area contributed by atoms with Gasteiger partial charge in [0.05, 0.1) is 16.8 Å². The van der Waals surface area contributed by atoms with Crippen LogP contribution in [-0.2, 0) is 4.79 Å². The minimum absolute atomic E-state index is 0.304. The lowest BCUT2D eigenvalue weighted by Gasteiger charge is -2.22. The van der Waals surface area contributed by atoms with Gasteiger partial charge in [-0.15, -0.1) is 0 Å². The molecule has 0 aromatic heterocycles. The lowest BCUT2D eigenvalue weighted by molar-refractivity contribution is -0.121. The number of hydrogen-bond acceptors (Lipinski definition) is 3. The van der Waals surface area contributed by atoms with Crippen LogP contribution in [0.3, 0.4) is 0 Å². The molecule has 0 spiro atoms. The molecule has 2 rings (SSSR count). The van der Waals surface area contributed by atoms with E-state index in [1.54, 1.807) is 0 Å². The van der Waals surface area contributed by atoms with Crippen LogP contribution < -0.4 is 16.8 Å². The first kappa shape index (κ1) is 14.4. The van der Waals surface area contributed by atoms with E-state index in [9.17, 15) is 18.4 Å². The first-order valence-corrected chi connectivity index (χ1v) is 6.23. The summed E-state index contributed by atoms with van der Waals surface area (Å²) in [6.45, 7) is 0. The largest absolute Gasteiger partial charge is 0.366 e. The summed E-state index contributed by atoms with van der Waals surface area (Å²) in [5.74, 6) is -3.64. The van der Waals surface area contributed by atoms with Gasteiger partial charge < -0.3 is 16.8 Å². The van der Waals surface area contributed by atoms with E-state index in [0.717, 1.165) is 18.9 Å². The van der Waals surface area contributed by atoms with Crippen molar-refractivity contribution in [3.63, 3.8) is 0 Å². The maximum Gasteiger partial charge on any atom is 0.251 e. The number of primary amides is 1. The van der Waals surface area contributed by atoms with Crippen LogP contribution in [0.1, 0.15) is 36.0 Å². The Morgan fingerprint density at radius 3 is 2.30 bits per heavy atom. The minimum atomic E-state index is -1.07. The van der Waals surface area contributed by atoms with E-state index in [-0.39, 0.29) is 5.69 Å². The number of rotatable bonds is 3. The molecule has 20 heavy (non-hydrogen) atoms. The van der Waals surface area contributed by atoms with E-state index in [1.165, 1.54) is 0 Å². The van der Waals surface area contributed by atoms with Crippen molar-refractivity contribution in [2.45, 2.75) is 31.2 Å². The van der Waals surface area contributed by atoms with Crippen LogP contribution in [0.2, 0.25) is 0 Å².